The van der Waals surface area contributed by atoms with Gasteiger partial charge in [-0.25, -0.2) is 4.39 Å². The second-order valence-electron chi connectivity index (χ2n) is 4.40. The van der Waals surface area contributed by atoms with Crippen LogP contribution in [0.5, 0.6) is 0 Å². The maximum atomic E-state index is 13.4. The molecule has 2 rings (SSSR count). The smallest absolute Gasteiger partial charge is 0.126 e. The summed E-state index contributed by atoms with van der Waals surface area (Å²) in [6.45, 7) is 4.43. The quantitative estimate of drug-likeness (QED) is 0.857. The van der Waals surface area contributed by atoms with E-state index in [0.29, 0.717) is 12.1 Å². The number of aryl methyl sites for hydroxylation is 2. The minimum absolute atomic E-state index is 0.152. The molecule has 0 spiro atoms. The van der Waals surface area contributed by atoms with Gasteiger partial charge >= 0.3 is 0 Å². The third-order valence-corrected chi connectivity index (χ3v) is 3.78. The highest BCUT2D eigenvalue weighted by Crippen LogP contribution is 2.20. The van der Waals surface area contributed by atoms with Crippen molar-refractivity contribution >= 4 is 21.6 Å². The van der Waals surface area contributed by atoms with Crippen LogP contribution in [0.1, 0.15) is 16.7 Å². The van der Waals surface area contributed by atoms with Gasteiger partial charge in [0, 0.05) is 16.7 Å². The molecule has 0 amide bonds. The van der Waals surface area contributed by atoms with Crippen LogP contribution in [0.25, 0.3) is 0 Å². The summed E-state index contributed by atoms with van der Waals surface area (Å²) in [5.41, 5.74) is 3.84. The highest BCUT2D eigenvalue weighted by molar-refractivity contribution is 9.10. The molecular formula is C15H15BrFN. The van der Waals surface area contributed by atoms with Crippen molar-refractivity contribution in [2.24, 2.45) is 0 Å². The topological polar surface area (TPSA) is 12.0 Å². The van der Waals surface area contributed by atoms with E-state index >= 15 is 0 Å². The normalized spacial score (nSPS) is 10.4. The van der Waals surface area contributed by atoms with E-state index in [2.05, 4.69) is 27.3 Å². The zero-order chi connectivity index (χ0) is 13.1. The Hall–Kier alpha value is -1.35. The molecule has 0 bridgehead atoms. The summed E-state index contributed by atoms with van der Waals surface area (Å²) in [5, 5.41) is 3.29. The van der Waals surface area contributed by atoms with E-state index in [1.54, 1.807) is 19.1 Å². The van der Waals surface area contributed by atoms with Crippen molar-refractivity contribution in [3.8, 4) is 0 Å². The minimum atomic E-state index is -0.152. The molecular weight excluding hydrogens is 293 g/mol. The number of benzene rings is 2. The van der Waals surface area contributed by atoms with Crippen LogP contribution in [-0.2, 0) is 6.54 Å². The maximum Gasteiger partial charge on any atom is 0.126 e. The zero-order valence-corrected chi connectivity index (χ0v) is 12.0. The Morgan fingerprint density at radius 1 is 1.06 bits per heavy atom. The van der Waals surface area contributed by atoms with Gasteiger partial charge < -0.3 is 5.32 Å². The van der Waals surface area contributed by atoms with E-state index in [1.165, 1.54) is 5.56 Å². The van der Waals surface area contributed by atoms with Crippen molar-refractivity contribution in [3.63, 3.8) is 0 Å². The molecule has 2 aromatic carbocycles. The highest BCUT2D eigenvalue weighted by atomic mass is 79.9. The lowest BCUT2D eigenvalue weighted by atomic mass is 10.1. The lowest BCUT2D eigenvalue weighted by Crippen LogP contribution is -2.00. The van der Waals surface area contributed by atoms with Gasteiger partial charge in [-0.1, -0.05) is 28.1 Å². The van der Waals surface area contributed by atoms with Gasteiger partial charge in [0.25, 0.3) is 0 Å². The molecule has 0 atom stereocenters. The van der Waals surface area contributed by atoms with E-state index < -0.39 is 0 Å². The summed E-state index contributed by atoms with van der Waals surface area (Å²) in [6, 6.07) is 11.4. The van der Waals surface area contributed by atoms with Crippen LogP contribution in [0.3, 0.4) is 0 Å². The monoisotopic (exact) mass is 307 g/mol. The van der Waals surface area contributed by atoms with E-state index in [4.69, 9.17) is 0 Å². The van der Waals surface area contributed by atoms with Crippen LogP contribution in [0.15, 0.2) is 40.9 Å². The molecule has 0 fully saturated rings. The van der Waals surface area contributed by atoms with Crippen LogP contribution in [0, 0.1) is 19.7 Å². The Bertz CT molecular complexity index is 515. The molecule has 0 aliphatic heterocycles. The molecule has 1 nitrogen and oxygen atoms in total. The van der Waals surface area contributed by atoms with Crippen molar-refractivity contribution in [1.29, 1.82) is 0 Å². The Kier molecular flexibility index (Phi) is 4.02. The van der Waals surface area contributed by atoms with E-state index in [0.717, 1.165) is 15.7 Å². The van der Waals surface area contributed by atoms with Crippen molar-refractivity contribution < 1.29 is 4.39 Å². The first-order chi connectivity index (χ1) is 8.56. The largest absolute Gasteiger partial charge is 0.381 e. The average molecular weight is 308 g/mol. The average Bonchev–Trinajstić information content (AvgIpc) is 2.35. The Morgan fingerprint density at radius 3 is 2.50 bits per heavy atom. The molecule has 18 heavy (non-hydrogen) atoms. The van der Waals surface area contributed by atoms with Gasteiger partial charge in [-0.15, -0.1) is 0 Å². The molecule has 0 aromatic heterocycles. The number of halogens is 2. The molecule has 94 valence electrons. The Morgan fingerprint density at radius 2 is 1.83 bits per heavy atom. The predicted octanol–water partition coefficient (Wildman–Crippen LogP) is 4.82. The fourth-order valence-corrected chi connectivity index (χ4v) is 1.95. The lowest BCUT2D eigenvalue weighted by Gasteiger charge is -2.09. The fraction of sp³-hybridized carbons (Fsp3) is 0.200. The molecule has 0 heterocycles. The summed E-state index contributed by atoms with van der Waals surface area (Å²) in [5.74, 6) is -0.152. The highest BCUT2D eigenvalue weighted by Gasteiger charge is 2.00. The molecule has 0 saturated carbocycles. The van der Waals surface area contributed by atoms with Gasteiger partial charge in [-0.2, -0.15) is 0 Å². The first-order valence-corrected chi connectivity index (χ1v) is 6.60. The van der Waals surface area contributed by atoms with Gasteiger partial charge in [0.05, 0.1) is 0 Å². The van der Waals surface area contributed by atoms with Crippen LogP contribution in [0.4, 0.5) is 10.1 Å². The van der Waals surface area contributed by atoms with Crippen LogP contribution >= 0.6 is 15.9 Å². The van der Waals surface area contributed by atoms with E-state index in [-0.39, 0.29) is 5.82 Å². The molecule has 3 heteroatoms. The summed E-state index contributed by atoms with van der Waals surface area (Å²) < 4.78 is 14.5. The van der Waals surface area contributed by atoms with Crippen molar-refractivity contribution in [3.05, 3.63) is 63.4 Å². The second-order valence-corrected chi connectivity index (χ2v) is 5.26. The van der Waals surface area contributed by atoms with Crippen molar-refractivity contribution in [1.82, 2.24) is 0 Å². The van der Waals surface area contributed by atoms with E-state index in [1.807, 2.05) is 25.1 Å². The molecule has 0 aliphatic rings. The first kappa shape index (κ1) is 13.1. The van der Waals surface area contributed by atoms with Crippen LogP contribution < -0.4 is 5.32 Å². The van der Waals surface area contributed by atoms with Gasteiger partial charge in [0.15, 0.2) is 0 Å². The fourth-order valence-electron chi connectivity index (χ4n) is 1.71. The number of hydrogen-bond acceptors (Lipinski definition) is 1. The summed E-state index contributed by atoms with van der Waals surface area (Å²) in [4.78, 5) is 0. The lowest BCUT2D eigenvalue weighted by molar-refractivity contribution is 0.616. The van der Waals surface area contributed by atoms with Gasteiger partial charge in [0.2, 0.25) is 0 Å². The molecule has 1 N–H and O–H groups in total. The Labute approximate surface area is 115 Å². The summed E-state index contributed by atoms with van der Waals surface area (Å²) in [7, 11) is 0. The zero-order valence-electron chi connectivity index (χ0n) is 10.4. The van der Waals surface area contributed by atoms with Crippen LogP contribution in [0.2, 0.25) is 0 Å². The van der Waals surface area contributed by atoms with E-state index in [9.17, 15) is 4.39 Å². The van der Waals surface area contributed by atoms with Gasteiger partial charge in [-0.05, 0) is 54.8 Å². The number of anilines is 1. The first-order valence-electron chi connectivity index (χ1n) is 5.81. The molecule has 0 unspecified atom stereocenters. The predicted molar refractivity (Wildman–Crippen MR) is 77.3 cm³/mol. The minimum Gasteiger partial charge on any atom is -0.381 e. The summed E-state index contributed by atoms with van der Waals surface area (Å²) in [6.07, 6.45) is 0. The third kappa shape index (κ3) is 3.10. The van der Waals surface area contributed by atoms with Crippen LogP contribution in [-0.4, -0.2) is 0 Å². The summed E-state index contributed by atoms with van der Waals surface area (Å²) >= 11 is 3.47. The SMILES string of the molecule is Cc1ccc(CNc2ccc(Br)c(C)c2)cc1F. The Balaban J connectivity index is 2.06. The van der Waals surface area contributed by atoms with Crippen molar-refractivity contribution in [2.75, 3.05) is 5.32 Å². The molecule has 0 radical (unpaired) electrons. The molecule has 0 aliphatic carbocycles. The van der Waals surface area contributed by atoms with Gasteiger partial charge in [-0.3, -0.25) is 0 Å². The number of hydrogen-bond donors (Lipinski definition) is 1. The molecule has 0 saturated heterocycles. The standard InChI is InChI=1S/C15H15BrFN/c1-10-3-4-12(8-15(10)17)9-18-13-5-6-14(16)11(2)7-13/h3-8,18H,9H2,1-2H3. The third-order valence-electron chi connectivity index (χ3n) is 2.89. The van der Waals surface area contributed by atoms with Crippen molar-refractivity contribution in [2.45, 2.75) is 20.4 Å². The molecule has 2 aromatic rings. The van der Waals surface area contributed by atoms with Gasteiger partial charge in [0.1, 0.15) is 5.82 Å². The number of rotatable bonds is 3. The number of nitrogens with one attached hydrogen (secondary N) is 1. The maximum absolute atomic E-state index is 13.4. The second kappa shape index (κ2) is 5.53.